The van der Waals surface area contributed by atoms with Gasteiger partial charge in [0.25, 0.3) is 0 Å². The van der Waals surface area contributed by atoms with Gasteiger partial charge in [-0.05, 0) is 18.0 Å². The molecule has 0 fully saturated rings. The van der Waals surface area contributed by atoms with Crippen LogP contribution in [0.4, 0.5) is 57.1 Å². The molecule has 0 aliphatic heterocycles. The summed E-state index contributed by atoms with van der Waals surface area (Å²) in [5.41, 5.74) is 0. The number of hydrogen-bond donors (Lipinski definition) is 0. The molecule has 0 aromatic heterocycles. The van der Waals surface area contributed by atoms with Crippen LogP contribution in [0.15, 0.2) is 0 Å². The maximum atomic E-state index is 13.3. The average Bonchev–Trinajstić information content (AvgIpc) is 2.42. The van der Waals surface area contributed by atoms with Gasteiger partial charge in [0.1, 0.15) is 0 Å². The normalized spacial score (nSPS) is 16.6. The lowest BCUT2D eigenvalue weighted by Gasteiger charge is -2.39. The fourth-order valence-electron chi connectivity index (χ4n) is 1.38. The molecule has 1 unspecified atom stereocenters. The van der Waals surface area contributed by atoms with Crippen molar-refractivity contribution in [3.63, 3.8) is 0 Å². The van der Waals surface area contributed by atoms with Crippen molar-refractivity contribution in [2.45, 2.75) is 53.5 Å². The molecule has 156 valence electrons. The third-order valence-electron chi connectivity index (χ3n) is 2.96. The van der Waals surface area contributed by atoms with Gasteiger partial charge in [-0.3, -0.25) is 4.79 Å². The summed E-state index contributed by atoms with van der Waals surface area (Å²) in [7, 11) is 0. The van der Waals surface area contributed by atoms with Crippen LogP contribution in [0.25, 0.3) is 0 Å². The van der Waals surface area contributed by atoms with Crippen LogP contribution < -0.4 is 0 Å². The molecule has 0 spiro atoms. The first-order valence-corrected chi connectivity index (χ1v) is 7.16. The Bertz CT molecular complexity index is 530. The minimum absolute atomic E-state index is 1.46. The lowest BCUT2D eigenvalue weighted by Crippen LogP contribution is -2.70. The van der Waals surface area contributed by atoms with Crippen LogP contribution in [0.3, 0.4) is 0 Å². The lowest BCUT2D eigenvalue weighted by molar-refractivity contribution is -0.440. The van der Waals surface area contributed by atoms with Crippen LogP contribution in [0.2, 0.25) is 0 Å². The van der Waals surface area contributed by atoms with E-state index in [9.17, 15) is 61.9 Å². The second-order valence-corrected chi connectivity index (χ2v) is 6.29. The van der Waals surface area contributed by atoms with Crippen LogP contribution in [0.1, 0.15) is 12.8 Å². The van der Waals surface area contributed by atoms with E-state index in [0.717, 1.165) is 0 Å². The number of hydrogen-bond acceptors (Lipinski definition) is 1. The third kappa shape index (κ3) is 4.02. The van der Waals surface area contributed by atoms with E-state index in [-0.39, 0.29) is 0 Å². The predicted molar refractivity (Wildman–Crippen MR) is 63.6 cm³/mol. The van der Waals surface area contributed by atoms with Gasteiger partial charge in [0.15, 0.2) is 0 Å². The first-order chi connectivity index (χ1) is 11.1. The Hall–Kier alpha value is -0.470. The summed E-state index contributed by atoms with van der Waals surface area (Å²) in [5, 5.41) is -1.48. The lowest BCUT2D eigenvalue weighted by atomic mass is 9.92. The van der Waals surface area contributed by atoms with Crippen molar-refractivity contribution in [2.24, 2.45) is 0 Å². The summed E-state index contributed by atoms with van der Waals surface area (Å²) in [6.07, 6.45) is -11.4. The van der Waals surface area contributed by atoms with Gasteiger partial charge >= 0.3 is 35.8 Å². The van der Waals surface area contributed by atoms with E-state index in [1.807, 2.05) is 0 Å². The van der Waals surface area contributed by atoms with Crippen LogP contribution in [-0.4, -0.2) is 45.9 Å². The van der Waals surface area contributed by atoms with E-state index in [2.05, 4.69) is 15.9 Å². The molecule has 0 amide bonds. The van der Waals surface area contributed by atoms with Crippen molar-refractivity contribution < 1.29 is 61.9 Å². The highest BCUT2D eigenvalue weighted by molar-refractivity contribution is 9.10. The zero-order valence-electron chi connectivity index (χ0n) is 11.6. The highest BCUT2D eigenvalue weighted by atomic mass is 79.9. The second-order valence-electron chi connectivity index (χ2n) is 4.81. The Morgan fingerprint density at radius 1 is 0.731 bits per heavy atom. The maximum Gasteiger partial charge on any atom is 0.460 e. The van der Waals surface area contributed by atoms with Gasteiger partial charge in [0.2, 0.25) is 5.24 Å². The Morgan fingerprint density at radius 2 is 1.08 bits per heavy atom. The van der Waals surface area contributed by atoms with E-state index in [4.69, 9.17) is 11.6 Å². The van der Waals surface area contributed by atoms with Crippen LogP contribution in [0, 0.1) is 0 Å². The molecule has 0 aliphatic carbocycles. The highest BCUT2D eigenvalue weighted by Gasteiger charge is 2.90. The fraction of sp³-hybridized carbons (Fsp3) is 0.900. The topological polar surface area (TPSA) is 17.1 Å². The number of halogens is 15. The van der Waals surface area contributed by atoms with Crippen molar-refractivity contribution in [2.75, 3.05) is 0 Å². The largest absolute Gasteiger partial charge is 0.460 e. The summed E-state index contributed by atoms with van der Waals surface area (Å²) < 4.78 is 166. The molecule has 0 saturated heterocycles. The zero-order chi connectivity index (χ0) is 21.6. The molecule has 26 heavy (non-hydrogen) atoms. The van der Waals surface area contributed by atoms with E-state index >= 15 is 0 Å². The first kappa shape index (κ1) is 25.5. The van der Waals surface area contributed by atoms with E-state index in [1.54, 1.807) is 0 Å². The van der Waals surface area contributed by atoms with Crippen LogP contribution in [0.5, 0.6) is 0 Å². The average molecular weight is 503 g/mol. The molecule has 0 aromatic carbocycles. The third-order valence-corrected chi connectivity index (χ3v) is 4.36. The Kier molecular flexibility index (Phi) is 7.04. The number of carbonyl (C=O) groups is 1. The maximum absolute atomic E-state index is 13.3. The second kappa shape index (κ2) is 7.17. The van der Waals surface area contributed by atoms with Gasteiger partial charge in [-0.2, -0.15) is 57.1 Å². The van der Waals surface area contributed by atoms with Crippen LogP contribution in [-0.2, 0) is 4.79 Å². The van der Waals surface area contributed by atoms with Gasteiger partial charge < -0.3 is 0 Å². The first-order valence-electron chi connectivity index (χ1n) is 5.87. The summed E-state index contributed by atoms with van der Waals surface area (Å²) in [6, 6.07) is 0. The van der Waals surface area contributed by atoms with E-state index in [1.165, 1.54) is 0 Å². The summed E-state index contributed by atoms with van der Waals surface area (Å²) >= 11 is 6.98. The number of alkyl halides is 14. The summed E-state index contributed by atoms with van der Waals surface area (Å²) in [5.74, 6) is -37.1. The van der Waals surface area contributed by atoms with Gasteiger partial charge in [0.05, 0.1) is 4.83 Å². The quantitative estimate of drug-likeness (QED) is 0.225. The number of carbonyl (C=O) groups excluding carboxylic acids is 1. The predicted octanol–water partition coefficient (Wildman–Crippen LogP) is 6.03. The molecule has 0 radical (unpaired) electrons. The minimum Gasteiger partial charge on any atom is -0.280 e. The smallest absolute Gasteiger partial charge is 0.280 e. The van der Waals surface area contributed by atoms with Gasteiger partial charge in [0, 0.05) is 6.42 Å². The molecule has 0 saturated carbocycles. The van der Waals surface area contributed by atoms with Gasteiger partial charge in [-0.1, -0.05) is 15.9 Å². The molecule has 0 rings (SSSR count). The zero-order valence-corrected chi connectivity index (χ0v) is 13.9. The van der Waals surface area contributed by atoms with Crippen molar-refractivity contribution in [3.8, 4) is 0 Å². The number of rotatable bonds is 8. The molecule has 0 bridgehead atoms. The van der Waals surface area contributed by atoms with Crippen molar-refractivity contribution in [1.29, 1.82) is 0 Å². The SMILES string of the molecule is O=C(Cl)C(Br)CCC(F)(F)C(F)(F)C(F)(F)C(F)(F)C(F)(F)C(F)(F)F. The molecular formula is C10H5BrClF13O. The molecular weight excluding hydrogens is 498 g/mol. The van der Waals surface area contributed by atoms with E-state index < -0.39 is 58.7 Å². The standard InChI is InChI=1S/C10H5BrClF13O/c11-3(4(12)26)1-2-5(13,14)6(15,16)7(17,18)8(19,20)9(21,22)10(23,24)25/h3H,1-2H2. The Labute approximate surface area is 149 Å². The highest BCUT2D eigenvalue weighted by Crippen LogP contribution is 2.60. The monoisotopic (exact) mass is 502 g/mol. The molecule has 0 heterocycles. The van der Waals surface area contributed by atoms with Crippen molar-refractivity contribution >= 4 is 32.8 Å². The van der Waals surface area contributed by atoms with Crippen molar-refractivity contribution in [1.82, 2.24) is 0 Å². The minimum atomic E-state index is -7.93. The Morgan fingerprint density at radius 3 is 1.38 bits per heavy atom. The molecule has 0 aliphatic rings. The van der Waals surface area contributed by atoms with Crippen LogP contribution >= 0.6 is 27.5 Å². The molecule has 16 heteroatoms. The molecule has 0 N–H and O–H groups in total. The molecule has 1 atom stereocenters. The van der Waals surface area contributed by atoms with Crippen molar-refractivity contribution in [3.05, 3.63) is 0 Å². The summed E-state index contributed by atoms with van der Waals surface area (Å²) in [6.45, 7) is 0. The molecule has 0 aromatic rings. The fourth-order valence-corrected chi connectivity index (χ4v) is 1.72. The Balaban J connectivity index is 5.96. The summed E-state index contributed by atoms with van der Waals surface area (Å²) in [4.78, 5) is 8.67. The molecule has 1 nitrogen and oxygen atoms in total. The van der Waals surface area contributed by atoms with E-state index in [0.29, 0.717) is 0 Å². The van der Waals surface area contributed by atoms with Gasteiger partial charge in [-0.25, -0.2) is 0 Å². The van der Waals surface area contributed by atoms with Gasteiger partial charge in [-0.15, -0.1) is 0 Å².